The lowest BCUT2D eigenvalue weighted by molar-refractivity contribution is -0.125. The minimum Gasteiger partial charge on any atom is -0.497 e. The summed E-state index contributed by atoms with van der Waals surface area (Å²) in [7, 11) is 1.66. The number of anilines is 1. The number of benzene rings is 1. The largest absolute Gasteiger partial charge is 0.497 e. The van der Waals surface area contributed by atoms with Crippen LogP contribution in [0.1, 0.15) is 17.7 Å². The second-order valence-electron chi connectivity index (χ2n) is 7.87. The minimum atomic E-state index is -0.00170. The fourth-order valence-corrected chi connectivity index (χ4v) is 5.62. The third-order valence-electron chi connectivity index (χ3n) is 5.73. The van der Waals surface area contributed by atoms with Gasteiger partial charge in [-0.1, -0.05) is 17.4 Å². The van der Waals surface area contributed by atoms with Gasteiger partial charge in [0.2, 0.25) is 16.0 Å². The van der Waals surface area contributed by atoms with Gasteiger partial charge in [-0.15, -0.1) is 16.4 Å². The Morgan fingerprint density at radius 1 is 1.28 bits per heavy atom. The van der Waals surface area contributed by atoms with Crippen LogP contribution in [0, 0.1) is 5.92 Å². The Morgan fingerprint density at radius 3 is 2.91 bits per heavy atom. The van der Waals surface area contributed by atoms with Crippen LogP contribution in [0.15, 0.2) is 48.0 Å². The standard InChI is InChI=1S/C23H25N5O2S2/c1-30-18-8-6-16(7-9-18)20-15-28-22(25-20)32-23(26-28)27-12-2-4-17(14-27)21(29)24-11-10-19-5-3-13-31-19/h3,5-9,13,15,17H,2,4,10-12,14H2,1H3,(H,24,29). The monoisotopic (exact) mass is 467 g/mol. The molecule has 1 amide bonds. The molecular formula is C23H25N5O2S2. The van der Waals surface area contributed by atoms with E-state index in [-0.39, 0.29) is 11.8 Å². The quantitative estimate of drug-likeness (QED) is 0.443. The average Bonchev–Trinajstić information content (AvgIpc) is 3.56. The molecule has 32 heavy (non-hydrogen) atoms. The van der Waals surface area contributed by atoms with E-state index in [1.54, 1.807) is 29.8 Å². The zero-order chi connectivity index (χ0) is 21.9. The van der Waals surface area contributed by atoms with Crippen molar-refractivity contribution in [3.8, 4) is 17.0 Å². The summed E-state index contributed by atoms with van der Waals surface area (Å²) in [6, 6.07) is 12.0. The van der Waals surface area contributed by atoms with Crippen LogP contribution in [-0.2, 0) is 11.2 Å². The van der Waals surface area contributed by atoms with Crippen LogP contribution in [0.25, 0.3) is 16.2 Å². The molecule has 1 aliphatic rings. The first-order valence-electron chi connectivity index (χ1n) is 10.8. The van der Waals surface area contributed by atoms with Crippen LogP contribution in [0.4, 0.5) is 5.13 Å². The van der Waals surface area contributed by atoms with Crippen molar-refractivity contribution in [2.24, 2.45) is 5.92 Å². The van der Waals surface area contributed by atoms with Gasteiger partial charge in [-0.05, 0) is 55.0 Å². The van der Waals surface area contributed by atoms with Crippen molar-refractivity contribution < 1.29 is 9.53 Å². The predicted molar refractivity (Wildman–Crippen MR) is 129 cm³/mol. The summed E-state index contributed by atoms with van der Waals surface area (Å²) in [6.45, 7) is 2.31. The van der Waals surface area contributed by atoms with Crippen molar-refractivity contribution in [2.45, 2.75) is 19.3 Å². The number of nitrogens with one attached hydrogen (secondary N) is 1. The van der Waals surface area contributed by atoms with Crippen LogP contribution in [0.3, 0.4) is 0 Å². The highest BCUT2D eigenvalue weighted by molar-refractivity contribution is 7.20. The van der Waals surface area contributed by atoms with E-state index in [0.717, 1.165) is 52.9 Å². The van der Waals surface area contributed by atoms with Gasteiger partial charge in [-0.2, -0.15) is 0 Å². The molecular weight excluding hydrogens is 442 g/mol. The van der Waals surface area contributed by atoms with Crippen molar-refractivity contribution in [3.63, 3.8) is 0 Å². The maximum absolute atomic E-state index is 12.7. The van der Waals surface area contributed by atoms with E-state index in [4.69, 9.17) is 14.8 Å². The van der Waals surface area contributed by atoms with Gasteiger partial charge in [-0.25, -0.2) is 9.50 Å². The number of piperidine rings is 1. The van der Waals surface area contributed by atoms with Gasteiger partial charge in [-0.3, -0.25) is 4.79 Å². The molecule has 5 rings (SSSR count). The lowest BCUT2D eigenvalue weighted by Gasteiger charge is -2.31. The lowest BCUT2D eigenvalue weighted by Crippen LogP contribution is -2.43. The van der Waals surface area contributed by atoms with Crippen molar-refractivity contribution in [3.05, 3.63) is 52.9 Å². The summed E-state index contributed by atoms with van der Waals surface area (Å²) >= 11 is 3.30. The van der Waals surface area contributed by atoms with E-state index in [9.17, 15) is 4.79 Å². The van der Waals surface area contributed by atoms with E-state index >= 15 is 0 Å². The number of carbonyl (C=O) groups is 1. The molecule has 1 aliphatic heterocycles. The number of fused-ring (bicyclic) bond motifs is 1. The fourth-order valence-electron chi connectivity index (χ4n) is 3.99. The Bertz CT molecular complexity index is 1150. The van der Waals surface area contributed by atoms with E-state index in [2.05, 4.69) is 21.7 Å². The zero-order valence-electron chi connectivity index (χ0n) is 17.9. The molecule has 1 fully saturated rings. The van der Waals surface area contributed by atoms with Gasteiger partial charge in [0.1, 0.15) is 5.75 Å². The topological polar surface area (TPSA) is 71.8 Å². The van der Waals surface area contributed by atoms with Gasteiger partial charge in [0.25, 0.3) is 0 Å². The van der Waals surface area contributed by atoms with Crippen LogP contribution >= 0.6 is 22.7 Å². The zero-order valence-corrected chi connectivity index (χ0v) is 19.5. The molecule has 9 heteroatoms. The smallest absolute Gasteiger partial charge is 0.224 e. The van der Waals surface area contributed by atoms with Gasteiger partial charge < -0.3 is 15.0 Å². The molecule has 1 atom stereocenters. The molecule has 0 saturated carbocycles. The number of amides is 1. The molecule has 0 bridgehead atoms. The highest BCUT2D eigenvalue weighted by atomic mass is 32.1. The Morgan fingerprint density at radius 2 is 2.16 bits per heavy atom. The van der Waals surface area contributed by atoms with Gasteiger partial charge >= 0.3 is 0 Å². The maximum Gasteiger partial charge on any atom is 0.224 e. The Labute approximate surface area is 194 Å². The number of thiophene rings is 1. The number of hydrogen-bond donors (Lipinski definition) is 1. The molecule has 166 valence electrons. The van der Waals surface area contributed by atoms with Crippen LogP contribution < -0.4 is 15.0 Å². The first-order valence-corrected chi connectivity index (χ1v) is 12.4. The van der Waals surface area contributed by atoms with Crippen LogP contribution in [0.5, 0.6) is 5.75 Å². The molecule has 0 spiro atoms. The van der Waals surface area contributed by atoms with Gasteiger partial charge in [0.05, 0.1) is 24.9 Å². The summed E-state index contributed by atoms with van der Waals surface area (Å²) in [5.41, 5.74) is 1.92. The summed E-state index contributed by atoms with van der Waals surface area (Å²) in [5, 5.41) is 10.9. The molecule has 3 aromatic heterocycles. The van der Waals surface area contributed by atoms with E-state index < -0.39 is 0 Å². The number of hydrogen-bond acceptors (Lipinski definition) is 7. The molecule has 1 N–H and O–H groups in total. The van der Waals surface area contributed by atoms with Gasteiger partial charge in [0, 0.05) is 30.1 Å². The minimum absolute atomic E-state index is 0.00170. The number of nitrogens with zero attached hydrogens (tertiary/aromatic N) is 4. The lowest BCUT2D eigenvalue weighted by atomic mass is 9.97. The number of ether oxygens (including phenoxy) is 1. The summed E-state index contributed by atoms with van der Waals surface area (Å²) < 4.78 is 7.06. The van der Waals surface area contributed by atoms with Crippen molar-refractivity contribution in [2.75, 3.05) is 31.6 Å². The number of carbonyl (C=O) groups excluding carboxylic acids is 1. The first kappa shape index (κ1) is 21.0. The summed E-state index contributed by atoms with van der Waals surface area (Å²) in [5.74, 6) is 0.970. The molecule has 7 nitrogen and oxygen atoms in total. The average molecular weight is 468 g/mol. The van der Waals surface area contributed by atoms with E-state index in [1.165, 1.54) is 4.88 Å². The third-order valence-corrected chi connectivity index (χ3v) is 7.65. The van der Waals surface area contributed by atoms with Crippen LogP contribution in [-0.4, -0.2) is 47.2 Å². The Kier molecular flexibility index (Phi) is 6.09. The molecule has 1 saturated heterocycles. The van der Waals surface area contributed by atoms with Crippen molar-refractivity contribution in [1.82, 2.24) is 19.9 Å². The molecule has 4 aromatic rings. The van der Waals surface area contributed by atoms with Gasteiger partial charge in [0.15, 0.2) is 0 Å². The maximum atomic E-state index is 12.7. The molecule has 1 unspecified atom stereocenters. The third kappa shape index (κ3) is 4.49. The summed E-state index contributed by atoms with van der Waals surface area (Å²) in [6.07, 6.45) is 4.75. The van der Waals surface area contributed by atoms with E-state index in [1.807, 2.05) is 41.0 Å². The second-order valence-corrected chi connectivity index (χ2v) is 9.84. The molecule has 1 aromatic carbocycles. The summed E-state index contributed by atoms with van der Waals surface area (Å²) in [4.78, 5) is 21.8. The molecule has 0 radical (unpaired) electrons. The van der Waals surface area contributed by atoms with Crippen molar-refractivity contribution >= 4 is 38.7 Å². The van der Waals surface area contributed by atoms with Crippen molar-refractivity contribution in [1.29, 1.82) is 0 Å². The number of imidazole rings is 1. The fraction of sp³-hybridized carbons (Fsp3) is 0.348. The van der Waals surface area contributed by atoms with Crippen LogP contribution in [0.2, 0.25) is 0 Å². The highest BCUT2D eigenvalue weighted by Crippen LogP contribution is 2.30. The predicted octanol–water partition coefficient (Wildman–Crippen LogP) is 4.10. The number of rotatable bonds is 7. The second kappa shape index (κ2) is 9.30. The Hall–Kier alpha value is -2.91. The van der Waals surface area contributed by atoms with E-state index in [0.29, 0.717) is 13.1 Å². The number of methoxy groups -OCH3 is 1. The highest BCUT2D eigenvalue weighted by Gasteiger charge is 2.27. The Balaban J connectivity index is 1.22. The number of aromatic nitrogens is 3. The molecule has 0 aliphatic carbocycles. The normalized spacial score (nSPS) is 16.4. The SMILES string of the molecule is COc1ccc(-c2cn3nc(N4CCCC(C(=O)NCCc5cccs5)C4)sc3n2)cc1. The first-order chi connectivity index (χ1) is 15.7. The molecule has 4 heterocycles.